The molecule has 0 aliphatic heterocycles. The normalized spacial score (nSPS) is 10.9. The molecule has 0 atom stereocenters. The van der Waals surface area contributed by atoms with E-state index in [4.69, 9.17) is 11.6 Å². The van der Waals surface area contributed by atoms with E-state index in [1.54, 1.807) is 12.1 Å². The summed E-state index contributed by atoms with van der Waals surface area (Å²) in [5.41, 5.74) is 0.632. The van der Waals surface area contributed by atoms with Gasteiger partial charge in [0.2, 0.25) is 0 Å². The van der Waals surface area contributed by atoms with E-state index >= 15 is 0 Å². The number of thiophene rings is 1. The van der Waals surface area contributed by atoms with E-state index in [2.05, 4.69) is 37.2 Å². The maximum absolute atomic E-state index is 13.3. The van der Waals surface area contributed by atoms with Crippen LogP contribution < -0.4 is 5.32 Å². The molecule has 0 radical (unpaired) electrons. The summed E-state index contributed by atoms with van der Waals surface area (Å²) in [6, 6.07) is 9.70. The lowest BCUT2D eigenvalue weighted by atomic mass is 10.2. The van der Waals surface area contributed by atoms with Crippen LogP contribution >= 0.6 is 54.8 Å². The number of rotatable bonds is 2. The predicted octanol–water partition coefficient (Wildman–Crippen LogP) is 6.47. The first kappa shape index (κ1) is 15.9. The SMILES string of the molecule is O=C(Nc1ccc(Br)cc1Br)c1sc2cc(F)ccc2c1Cl. The second-order valence-electron chi connectivity index (χ2n) is 4.46. The third kappa shape index (κ3) is 3.06. The Labute approximate surface area is 151 Å². The van der Waals surface area contributed by atoms with E-state index < -0.39 is 0 Å². The minimum Gasteiger partial charge on any atom is -0.320 e. The summed E-state index contributed by atoms with van der Waals surface area (Å²) in [7, 11) is 0. The fraction of sp³-hybridized carbons (Fsp3) is 0. The Morgan fingerprint density at radius 2 is 1.95 bits per heavy atom. The second-order valence-corrected chi connectivity index (χ2v) is 7.66. The van der Waals surface area contributed by atoms with Gasteiger partial charge in [-0.05, 0) is 52.3 Å². The Balaban J connectivity index is 1.97. The van der Waals surface area contributed by atoms with Crippen LogP contribution in [-0.4, -0.2) is 5.91 Å². The molecular weight excluding hydrogens is 456 g/mol. The van der Waals surface area contributed by atoms with Gasteiger partial charge in [-0.1, -0.05) is 27.5 Å². The fourth-order valence-electron chi connectivity index (χ4n) is 1.95. The smallest absolute Gasteiger partial charge is 0.267 e. The zero-order valence-corrected chi connectivity index (χ0v) is 15.5. The lowest BCUT2D eigenvalue weighted by Gasteiger charge is -2.06. The maximum Gasteiger partial charge on any atom is 0.267 e. The molecule has 7 heteroatoms. The molecule has 2 nitrogen and oxygen atoms in total. The molecule has 0 saturated carbocycles. The molecule has 0 spiro atoms. The molecular formula is C15H7Br2ClFNOS. The second kappa shape index (κ2) is 6.28. The van der Waals surface area contributed by atoms with Crippen molar-refractivity contribution in [2.24, 2.45) is 0 Å². The van der Waals surface area contributed by atoms with Gasteiger partial charge in [-0.3, -0.25) is 4.79 Å². The highest BCUT2D eigenvalue weighted by Crippen LogP contribution is 2.36. The predicted molar refractivity (Wildman–Crippen MR) is 96.6 cm³/mol. The van der Waals surface area contributed by atoms with Crippen LogP contribution in [-0.2, 0) is 0 Å². The van der Waals surface area contributed by atoms with Gasteiger partial charge < -0.3 is 5.32 Å². The highest BCUT2D eigenvalue weighted by Gasteiger charge is 2.18. The maximum atomic E-state index is 13.3. The number of carbonyl (C=O) groups excluding carboxylic acids is 1. The first-order chi connectivity index (χ1) is 10.5. The molecule has 0 unspecified atom stereocenters. The molecule has 0 aliphatic carbocycles. The number of anilines is 1. The van der Waals surface area contributed by atoms with Gasteiger partial charge in [-0.2, -0.15) is 0 Å². The van der Waals surface area contributed by atoms with Gasteiger partial charge in [-0.15, -0.1) is 11.3 Å². The van der Waals surface area contributed by atoms with E-state index in [-0.39, 0.29) is 11.7 Å². The van der Waals surface area contributed by atoms with Crippen molar-refractivity contribution in [1.29, 1.82) is 0 Å². The standard InChI is InChI=1S/C15H7Br2ClFNOS/c16-7-1-4-11(10(17)5-7)20-15(21)14-13(18)9-3-2-8(19)6-12(9)22-14/h1-6H,(H,20,21). The summed E-state index contributed by atoms with van der Waals surface area (Å²) in [5.74, 6) is -0.678. The van der Waals surface area contributed by atoms with E-state index in [1.165, 1.54) is 23.5 Å². The quantitative estimate of drug-likeness (QED) is 0.464. The zero-order valence-electron chi connectivity index (χ0n) is 10.8. The number of benzene rings is 2. The third-order valence-corrected chi connectivity index (χ3v) is 5.78. The molecule has 1 amide bonds. The van der Waals surface area contributed by atoms with Crippen LogP contribution in [0.1, 0.15) is 9.67 Å². The van der Waals surface area contributed by atoms with Crippen molar-refractivity contribution >= 4 is 76.5 Å². The van der Waals surface area contributed by atoms with Gasteiger partial charge in [0.25, 0.3) is 5.91 Å². The Morgan fingerprint density at radius 3 is 2.68 bits per heavy atom. The Bertz CT molecular complexity index is 897. The number of hydrogen-bond donors (Lipinski definition) is 1. The highest BCUT2D eigenvalue weighted by atomic mass is 79.9. The first-order valence-corrected chi connectivity index (χ1v) is 8.87. The molecule has 1 heterocycles. The van der Waals surface area contributed by atoms with Crippen molar-refractivity contribution in [3.05, 3.63) is 61.1 Å². The van der Waals surface area contributed by atoms with Crippen molar-refractivity contribution in [2.75, 3.05) is 5.32 Å². The first-order valence-electron chi connectivity index (χ1n) is 6.09. The van der Waals surface area contributed by atoms with E-state index in [1.807, 2.05) is 12.1 Å². The molecule has 0 fully saturated rings. The number of fused-ring (bicyclic) bond motifs is 1. The molecule has 0 aliphatic rings. The lowest BCUT2D eigenvalue weighted by molar-refractivity contribution is 0.103. The monoisotopic (exact) mass is 461 g/mol. The average Bonchev–Trinajstić information content (AvgIpc) is 2.78. The van der Waals surface area contributed by atoms with Crippen LogP contribution in [0.2, 0.25) is 5.02 Å². The molecule has 3 aromatic rings. The van der Waals surface area contributed by atoms with E-state index in [0.717, 1.165) is 8.95 Å². The third-order valence-electron chi connectivity index (χ3n) is 2.98. The number of halogens is 4. The summed E-state index contributed by atoms with van der Waals surface area (Å²) in [6.07, 6.45) is 0. The molecule has 3 rings (SSSR count). The van der Waals surface area contributed by atoms with Crippen molar-refractivity contribution in [3.8, 4) is 0 Å². The van der Waals surface area contributed by atoms with Crippen LogP contribution in [0.5, 0.6) is 0 Å². The number of amides is 1. The molecule has 112 valence electrons. The van der Waals surface area contributed by atoms with Crippen molar-refractivity contribution in [3.63, 3.8) is 0 Å². The minimum absolute atomic E-state index is 0.324. The minimum atomic E-state index is -0.354. The van der Waals surface area contributed by atoms with E-state index in [9.17, 15) is 9.18 Å². The van der Waals surface area contributed by atoms with Gasteiger partial charge in [0.15, 0.2) is 0 Å². The fourth-order valence-corrected chi connectivity index (χ4v) is 4.54. The molecule has 1 aromatic heterocycles. The summed E-state index contributed by atoms with van der Waals surface area (Å²) < 4.78 is 15.6. The van der Waals surface area contributed by atoms with Crippen LogP contribution in [0.4, 0.5) is 10.1 Å². The van der Waals surface area contributed by atoms with Crippen molar-refractivity contribution in [2.45, 2.75) is 0 Å². The van der Waals surface area contributed by atoms with Crippen LogP contribution in [0, 0.1) is 5.82 Å². The average molecular weight is 464 g/mol. The van der Waals surface area contributed by atoms with Crippen molar-refractivity contribution < 1.29 is 9.18 Å². The molecule has 22 heavy (non-hydrogen) atoms. The largest absolute Gasteiger partial charge is 0.320 e. The van der Waals surface area contributed by atoms with Crippen molar-refractivity contribution in [1.82, 2.24) is 0 Å². The zero-order chi connectivity index (χ0) is 15.9. The Kier molecular flexibility index (Phi) is 4.54. The van der Waals surface area contributed by atoms with Gasteiger partial charge >= 0.3 is 0 Å². The van der Waals surface area contributed by atoms with Gasteiger partial charge in [-0.25, -0.2) is 4.39 Å². The lowest BCUT2D eigenvalue weighted by Crippen LogP contribution is -2.11. The topological polar surface area (TPSA) is 29.1 Å². The van der Waals surface area contributed by atoms with E-state index in [0.29, 0.717) is 25.7 Å². The summed E-state index contributed by atoms with van der Waals surface area (Å²) >= 11 is 14.1. The van der Waals surface area contributed by atoms with Gasteiger partial charge in [0, 0.05) is 19.0 Å². The molecule has 1 N–H and O–H groups in total. The molecule has 0 saturated heterocycles. The van der Waals surface area contributed by atoms with Crippen LogP contribution in [0.3, 0.4) is 0 Å². The molecule has 2 aromatic carbocycles. The number of hydrogen-bond acceptors (Lipinski definition) is 2. The molecule has 0 bridgehead atoms. The Morgan fingerprint density at radius 1 is 1.18 bits per heavy atom. The van der Waals surface area contributed by atoms with Gasteiger partial charge in [0.1, 0.15) is 10.7 Å². The van der Waals surface area contributed by atoms with Crippen LogP contribution in [0.25, 0.3) is 10.1 Å². The van der Waals surface area contributed by atoms with Gasteiger partial charge in [0.05, 0.1) is 10.7 Å². The summed E-state index contributed by atoms with van der Waals surface area (Å²) in [4.78, 5) is 12.8. The summed E-state index contributed by atoms with van der Waals surface area (Å²) in [5, 5.41) is 3.81. The highest BCUT2D eigenvalue weighted by molar-refractivity contribution is 9.11. The van der Waals surface area contributed by atoms with Crippen LogP contribution in [0.15, 0.2) is 45.3 Å². The Hall–Kier alpha value is -0.950. The summed E-state index contributed by atoms with van der Waals surface area (Å²) in [6.45, 7) is 0. The number of nitrogens with one attached hydrogen (secondary N) is 1. The number of carbonyl (C=O) groups is 1.